The van der Waals surface area contributed by atoms with E-state index in [9.17, 15) is 4.79 Å². The second-order valence-electron chi connectivity index (χ2n) is 6.83. The molecule has 0 aliphatic rings. The molecule has 0 aliphatic heterocycles. The Bertz CT molecular complexity index is 254. The van der Waals surface area contributed by atoms with Crippen molar-refractivity contribution >= 4 is 5.91 Å². The number of rotatable bonds is 17. The van der Waals surface area contributed by atoms with E-state index in [0.717, 1.165) is 12.8 Å². The van der Waals surface area contributed by atoms with E-state index in [1.54, 1.807) is 0 Å². The molecule has 2 N–H and O–H groups in total. The van der Waals surface area contributed by atoms with Crippen molar-refractivity contribution in [2.75, 3.05) is 0 Å². The van der Waals surface area contributed by atoms with Crippen LogP contribution in [0.5, 0.6) is 0 Å². The van der Waals surface area contributed by atoms with Crippen LogP contribution in [0.3, 0.4) is 0 Å². The van der Waals surface area contributed by atoms with Gasteiger partial charge in [-0.25, -0.2) is 0 Å². The summed E-state index contributed by atoms with van der Waals surface area (Å²) in [7, 11) is 0. The molecule has 0 aromatic rings. The minimum atomic E-state index is -0.0697. The average molecular weight is 327 g/mol. The topological polar surface area (TPSA) is 49.3 Å². The Hall–Kier alpha value is -0.570. The first-order chi connectivity index (χ1) is 11.2. The van der Waals surface area contributed by atoms with Gasteiger partial charge in [-0.2, -0.15) is 0 Å². The Morgan fingerprint density at radius 3 is 1.39 bits per heavy atom. The van der Waals surface area contributed by atoms with Crippen LogP contribution < -0.4 is 5.32 Å². The highest BCUT2D eigenvalue weighted by Crippen LogP contribution is 2.13. The Kier molecular flexibility index (Phi) is 17.3. The third kappa shape index (κ3) is 19.4. The first-order valence-electron chi connectivity index (χ1n) is 9.99. The maximum absolute atomic E-state index is 11.3. The van der Waals surface area contributed by atoms with Crippen molar-refractivity contribution in [1.29, 1.82) is 0 Å². The molecular formula is C20H40NO2. The molecular weight excluding hydrogens is 286 g/mol. The summed E-state index contributed by atoms with van der Waals surface area (Å²) in [5.74, 6) is -0.0697. The highest BCUT2D eigenvalue weighted by molar-refractivity contribution is 5.76. The molecule has 0 spiro atoms. The van der Waals surface area contributed by atoms with E-state index >= 15 is 0 Å². The Balaban J connectivity index is 3.06. The van der Waals surface area contributed by atoms with E-state index < -0.39 is 0 Å². The van der Waals surface area contributed by atoms with E-state index in [1.807, 2.05) is 0 Å². The number of aliphatic hydroxyl groups excluding tert-OH is 1. The quantitative estimate of drug-likeness (QED) is 0.310. The molecule has 0 aromatic carbocycles. The van der Waals surface area contributed by atoms with Gasteiger partial charge in [-0.15, -0.1) is 0 Å². The molecule has 23 heavy (non-hydrogen) atoms. The molecule has 1 amide bonds. The second-order valence-corrected chi connectivity index (χ2v) is 6.83. The van der Waals surface area contributed by atoms with Gasteiger partial charge in [0, 0.05) is 6.42 Å². The molecule has 0 aromatic heterocycles. The van der Waals surface area contributed by atoms with Crippen molar-refractivity contribution in [3.05, 3.63) is 6.23 Å². The van der Waals surface area contributed by atoms with Gasteiger partial charge >= 0.3 is 0 Å². The minimum absolute atomic E-state index is 0.00374. The van der Waals surface area contributed by atoms with Gasteiger partial charge in [0.05, 0.1) is 0 Å². The fourth-order valence-electron chi connectivity index (χ4n) is 2.92. The van der Waals surface area contributed by atoms with Gasteiger partial charge in [-0.1, -0.05) is 96.8 Å². The average Bonchev–Trinajstić information content (AvgIpc) is 2.50. The van der Waals surface area contributed by atoms with Gasteiger partial charge in [0.1, 0.15) is 0 Å². The number of aliphatic hydroxyl groups is 1. The van der Waals surface area contributed by atoms with Crippen LogP contribution >= 0.6 is 0 Å². The number of hydrogen-bond acceptors (Lipinski definition) is 2. The van der Waals surface area contributed by atoms with Gasteiger partial charge in [0.15, 0.2) is 6.23 Å². The normalized spacial score (nSPS) is 11.1. The molecule has 0 saturated heterocycles. The largest absolute Gasteiger partial charge is 0.367 e. The lowest BCUT2D eigenvalue weighted by Crippen LogP contribution is -2.25. The summed E-state index contributed by atoms with van der Waals surface area (Å²) in [6.45, 7) is 3.76. The van der Waals surface area contributed by atoms with Crippen LogP contribution in [0.2, 0.25) is 0 Å². The van der Waals surface area contributed by atoms with Gasteiger partial charge in [-0.05, 0) is 13.3 Å². The van der Waals surface area contributed by atoms with E-state index in [2.05, 4.69) is 12.2 Å². The molecule has 0 rings (SSSR count). The van der Waals surface area contributed by atoms with E-state index in [4.69, 9.17) is 5.11 Å². The lowest BCUT2D eigenvalue weighted by atomic mass is 10.0. The third-order valence-electron chi connectivity index (χ3n) is 4.33. The monoisotopic (exact) mass is 326 g/mol. The number of carbonyl (C=O) groups excluding carboxylic acids is 1. The third-order valence-corrected chi connectivity index (χ3v) is 4.33. The zero-order chi connectivity index (χ0) is 17.2. The van der Waals surface area contributed by atoms with E-state index in [0.29, 0.717) is 6.42 Å². The second kappa shape index (κ2) is 17.8. The van der Waals surface area contributed by atoms with Gasteiger partial charge < -0.3 is 10.4 Å². The summed E-state index contributed by atoms with van der Waals surface area (Å²) < 4.78 is 0. The molecule has 0 heterocycles. The number of hydrogen-bond donors (Lipinski definition) is 2. The molecule has 0 fully saturated rings. The van der Waals surface area contributed by atoms with E-state index in [1.165, 1.54) is 90.4 Å². The Morgan fingerprint density at radius 2 is 1.04 bits per heavy atom. The molecule has 0 unspecified atom stereocenters. The molecule has 0 bridgehead atoms. The summed E-state index contributed by atoms with van der Waals surface area (Å²) in [5.41, 5.74) is 0. The van der Waals surface area contributed by atoms with Crippen LogP contribution in [-0.4, -0.2) is 11.0 Å². The van der Waals surface area contributed by atoms with Crippen LogP contribution in [0.25, 0.3) is 0 Å². The Labute approximate surface area is 144 Å². The standard InChI is InChI=1S/C20H40NO2/c1-3-4-5-6-7-8-9-10-11-12-13-14-15-16-17-18-20(23)21-19(2)22/h22H,3-18H2,1-2H3,(H,21,23). The zero-order valence-corrected chi connectivity index (χ0v) is 15.7. The van der Waals surface area contributed by atoms with Crippen LogP contribution in [-0.2, 0) is 4.79 Å². The molecule has 3 nitrogen and oxygen atoms in total. The van der Waals surface area contributed by atoms with Crippen molar-refractivity contribution in [2.24, 2.45) is 0 Å². The van der Waals surface area contributed by atoms with Crippen molar-refractivity contribution in [3.63, 3.8) is 0 Å². The predicted molar refractivity (Wildman–Crippen MR) is 98.5 cm³/mol. The van der Waals surface area contributed by atoms with Gasteiger partial charge in [0.2, 0.25) is 5.91 Å². The number of carbonyl (C=O) groups is 1. The summed E-state index contributed by atoms with van der Waals surface area (Å²) in [4.78, 5) is 11.3. The lowest BCUT2D eigenvalue weighted by Gasteiger charge is -2.06. The predicted octanol–water partition coefficient (Wildman–Crippen LogP) is 6.25. The molecule has 0 aliphatic carbocycles. The highest BCUT2D eigenvalue weighted by atomic mass is 16.3. The number of unbranched alkanes of at least 4 members (excludes halogenated alkanes) is 14. The summed E-state index contributed by atoms with van der Waals surface area (Å²) >= 11 is 0. The van der Waals surface area contributed by atoms with Crippen LogP contribution in [0, 0.1) is 6.23 Å². The van der Waals surface area contributed by atoms with Gasteiger partial charge in [-0.3, -0.25) is 4.79 Å². The number of nitrogens with one attached hydrogen (secondary N) is 1. The van der Waals surface area contributed by atoms with Crippen molar-refractivity contribution < 1.29 is 9.90 Å². The SMILES string of the molecule is CCCCCCCCCCCCCCCCCC(=O)N[C](C)O. The zero-order valence-electron chi connectivity index (χ0n) is 15.7. The van der Waals surface area contributed by atoms with Gasteiger partial charge in [0.25, 0.3) is 0 Å². The smallest absolute Gasteiger partial charge is 0.222 e. The fraction of sp³-hybridized carbons (Fsp3) is 0.900. The van der Waals surface area contributed by atoms with Crippen LogP contribution in [0.1, 0.15) is 117 Å². The van der Waals surface area contributed by atoms with Crippen molar-refractivity contribution in [2.45, 2.75) is 117 Å². The molecule has 3 heteroatoms. The molecule has 0 atom stereocenters. The maximum atomic E-state index is 11.3. The highest BCUT2D eigenvalue weighted by Gasteiger charge is 2.04. The van der Waals surface area contributed by atoms with Crippen molar-refractivity contribution in [1.82, 2.24) is 5.32 Å². The summed E-state index contributed by atoms with van der Waals surface area (Å²) in [6.07, 6.45) is 20.5. The first-order valence-corrected chi connectivity index (χ1v) is 9.99. The van der Waals surface area contributed by atoms with Crippen molar-refractivity contribution in [3.8, 4) is 0 Å². The molecule has 1 radical (unpaired) electrons. The molecule has 0 saturated carbocycles. The number of amides is 1. The lowest BCUT2D eigenvalue weighted by molar-refractivity contribution is -0.121. The molecule has 137 valence electrons. The maximum Gasteiger partial charge on any atom is 0.222 e. The minimum Gasteiger partial charge on any atom is -0.367 e. The first kappa shape index (κ1) is 22.4. The fourth-order valence-corrected chi connectivity index (χ4v) is 2.92. The summed E-state index contributed by atoms with van der Waals surface area (Å²) in [5, 5.41) is 11.4. The van der Waals surface area contributed by atoms with E-state index in [-0.39, 0.29) is 12.1 Å². The van der Waals surface area contributed by atoms with Crippen LogP contribution in [0.4, 0.5) is 0 Å². The summed E-state index contributed by atoms with van der Waals surface area (Å²) in [6, 6.07) is 0. The Morgan fingerprint density at radius 1 is 0.696 bits per heavy atom. The van der Waals surface area contributed by atoms with Crippen LogP contribution in [0.15, 0.2) is 0 Å².